The van der Waals surface area contributed by atoms with E-state index in [1.165, 1.54) is 6.07 Å². The molecule has 0 radical (unpaired) electrons. The van der Waals surface area contributed by atoms with Gasteiger partial charge in [-0.1, -0.05) is 22.0 Å². The first-order chi connectivity index (χ1) is 11.5. The maximum absolute atomic E-state index is 11.1. The van der Waals surface area contributed by atoms with Crippen molar-refractivity contribution in [2.45, 2.75) is 13.5 Å². The first-order valence-electron chi connectivity index (χ1n) is 7.19. The normalized spacial score (nSPS) is 10.8. The monoisotopic (exact) mass is 387 g/mol. The number of aliphatic hydroxyl groups excluding tert-OH is 1. The lowest BCUT2D eigenvalue weighted by atomic mass is 10.1. The van der Waals surface area contributed by atoms with Gasteiger partial charge in [-0.2, -0.15) is 0 Å². The summed E-state index contributed by atoms with van der Waals surface area (Å²) < 4.78 is 0.879. The Morgan fingerprint density at radius 2 is 2.08 bits per heavy atom. The Morgan fingerprint density at radius 3 is 2.79 bits per heavy atom. The lowest BCUT2D eigenvalue weighted by molar-refractivity contribution is -0.385. The average Bonchev–Trinajstić information content (AvgIpc) is 2.56. The molecule has 0 spiro atoms. The molecule has 0 aliphatic rings. The van der Waals surface area contributed by atoms with Crippen LogP contribution < -0.4 is 5.32 Å². The third kappa shape index (κ3) is 3.08. The zero-order valence-corrected chi connectivity index (χ0v) is 14.4. The number of aliphatic hydroxyl groups is 1. The minimum atomic E-state index is -0.408. The summed E-state index contributed by atoms with van der Waals surface area (Å²) in [5.74, 6) is 0. The molecule has 3 rings (SSSR count). The lowest BCUT2D eigenvalue weighted by Crippen LogP contribution is -2.00. The van der Waals surface area contributed by atoms with E-state index in [9.17, 15) is 15.2 Å². The molecule has 6 nitrogen and oxygen atoms in total. The molecule has 0 saturated carbocycles. The second-order valence-corrected chi connectivity index (χ2v) is 6.28. The summed E-state index contributed by atoms with van der Waals surface area (Å²) in [6.07, 6.45) is 1.60. The van der Waals surface area contributed by atoms with Gasteiger partial charge in [-0.05, 0) is 31.2 Å². The summed E-state index contributed by atoms with van der Waals surface area (Å²) in [7, 11) is 0. The Kier molecular flexibility index (Phi) is 4.46. The van der Waals surface area contributed by atoms with E-state index < -0.39 is 4.92 Å². The number of nitro benzene ring substituents is 1. The number of pyridine rings is 1. The van der Waals surface area contributed by atoms with Crippen LogP contribution >= 0.6 is 15.9 Å². The zero-order valence-electron chi connectivity index (χ0n) is 12.8. The summed E-state index contributed by atoms with van der Waals surface area (Å²) in [5.41, 5.74) is 3.28. The highest BCUT2D eigenvalue weighted by Crippen LogP contribution is 2.32. The third-order valence-electron chi connectivity index (χ3n) is 3.75. The van der Waals surface area contributed by atoms with Gasteiger partial charge in [0.15, 0.2) is 0 Å². The standard InChI is InChI=1S/C17H14BrN3O3/c1-10-2-4-13(7-16(10)21(23)24)20-17-11(9-22)8-19-15-5-3-12(18)6-14(15)17/h2-8,22H,9H2,1H3,(H,19,20). The van der Waals surface area contributed by atoms with Crippen molar-refractivity contribution in [3.8, 4) is 0 Å². The van der Waals surface area contributed by atoms with Gasteiger partial charge >= 0.3 is 0 Å². The van der Waals surface area contributed by atoms with Crippen LogP contribution in [0.2, 0.25) is 0 Å². The molecule has 0 atom stereocenters. The highest BCUT2D eigenvalue weighted by atomic mass is 79.9. The van der Waals surface area contributed by atoms with Crippen LogP contribution in [0.5, 0.6) is 0 Å². The summed E-state index contributed by atoms with van der Waals surface area (Å²) in [6.45, 7) is 1.51. The van der Waals surface area contributed by atoms with E-state index in [-0.39, 0.29) is 12.3 Å². The van der Waals surface area contributed by atoms with Gasteiger partial charge in [-0.25, -0.2) is 0 Å². The van der Waals surface area contributed by atoms with Crippen LogP contribution in [0.4, 0.5) is 17.1 Å². The van der Waals surface area contributed by atoms with Crippen LogP contribution in [0, 0.1) is 17.0 Å². The van der Waals surface area contributed by atoms with Crippen molar-refractivity contribution >= 4 is 43.9 Å². The van der Waals surface area contributed by atoms with E-state index in [2.05, 4.69) is 26.2 Å². The largest absolute Gasteiger partial charge is 0.392 e. The molecule has 0 amide bonds. The number of rotatable bonds is 4. The number of aryl methyl sites for hydroxylation is 1. The van der Waals surface area contributed by atoms with Crippen LogP contribution in [-0.4, -0.2) is 15.0 Å². The Morgan fingerprint density at radius 1 is 1.29 bits per heavy atom. The first-order valence-corrected chi connectivity index (χ1v) is 7.99. The Hall–Kier alpha value is -2.51. The minimum Gasteiger partial charge on any atom is -0.392 e. The van der Waals surface area contributed by atoms with Crippen molar-refractivity contribution in [1.29, 1.82) is 0 Å². The molecule has 0 saturated heterocycles. The van der Waals surface area contributed by atoms with Crippen molar-refractivity contribution in [2.75, 3.05) is 5.32 Å². The van der Waals surface area contributed by atoms with E-state index in [0.717, 1.165) is 15.4 Å². The minimum absolute atomic E-state index is 0.0464. The molecule has 0 aliphatic carbocycles. The van der Waals surface area contributed by atoms with Crippen LogP contribution in [0.3, 0.4) is 0 Å². The number of nitrogens with one attached hydrogen (secondary N) is 1. The second kappa shape index (κ2) is 6.54. The lowest BCUT2D eigenvalue weighted by Gasteiger charge is -2.14. The van der Waals surface area contributed by atoms with Gasteiger partial charge in [0.1, 0.15) is 0 Å². The van der Waals surface area contributed by atoms with E-state index >= 15 is 0 Å². The molecule has 0 fully saturated rings. The van der Waals surface area contributed by atoms with Gasteiger partial charge < -0.3 is 10.4 Å². The number of hydrogen-bond acceptors (Lipinski definition) is 5. The van der Waals surface area contributed by atoms with E-state index in [1.54, 1.807) is 25.3 Å². The van der Waals surface area contributed by atoms with Crippen LogP contribution in [-0.2, 0) is 6.61 Å². The Balaban J connectivity index is 2.14. The highest BCUT2D eigenvalue weighted by Gasteiger charge is 2.14. The van der Waals surface area contributed by atoms with Crippen molar-refractivity contribution in [3.63, 3.8) is 0 Å². The fourth-order valence-electron chi connectivity index (χ4n) is 2.50. The number of fused-ring (bicyclic) bond motifs is 1. The van der Waals surface area contributed by atoms with Crippen molar-refractivity contribution in [2.24, 2.45) is 0 Å². The molecule has 2 aromatic carbocycles. The molecule has 1 aromatic heterocycles. The van der Waals surface area contributed by atoms with Crippen molar-refractivity contribution in [1.82, 2.24) is 4.98 Å². The first kappa shape index (κ1) is 16.4. The number of halogens is 1. The molecular weight excluding hydrogens is 374 g/mol. The number of aromatic nitrogens is 1. The third-order valence-corrected chi connectivity index (χ3v) is 4.25. The second-order valence-electron chi connectivity index (χ2n) is 5.36. The van der Waals surface area contributed by atoms with E-state index in [4.69, 9.17) is 0 Å². The summed E-state index contributed by atoms with van der Waals surface area (Å²) in [6, 6.07) is 10.6. The van der Waals surface area contributed by atoms with Gasteiger partial charge in [0.25, 0.3) is 5.69 Å². The molecule has 1 heterocycles. The molecular formula is C17H14BrN3O3. The Labute approximate surface area is 146 Å². The van der Waals surface area contributed by atoms with Gasteiger partial charge in [-0.3, -0.25) is 15.1 Å². The van der Waals surface area contributed by atoms with Crippen LogP contribution in [0.1, 0.15) is 11.1 Å². The SMILES string of the molecule is Cc1ccc(Nc2c(CO)cnc3ccc(Br)cc23)cc1[N+](=O)[O-]. The topological polar surface area (TPSA) is 88.3 Å². The molecule has 7 heteroatoms. The summed E-state index contributed by atoms with van der Waals surface area (Å²) in [5, 5.41) is 24.7. The molecule has 0 unspecified atom stereocenters. The fourth-order valence-corrected chi connectivity index (χ4v) is 2.86. The quantitative estimate of drug-likeness (QED) is 0.509. The summed E-state index contributed by atoms with van der Waals surface area (Å²) in [4.78, 5) is 15.0. The predicted molar refractivity (Wildman–Crippen MR) is 96.5 cm³/mol. The number of anilines is 2. The average molecular weight is 388 g/mol. The molecule has 24 heavy (non-hydrogen) atoms. The van der Waals surface area contributed by atoms with E-state index in [0.29, 0.717) is 22.5 Å². The molecule has 3 aromatic rings. The molecule has 122 valence electrons. The smallest absolute Gasteiger partial charge is 0.274 e. The van der Waals surface area contributed by atoms with E-state index in [1.807, 2.05) is 18.2 Å². The Bertz CT molecular complexity index is 944. The van der Waals surface area contributed by atoms with Gasteiger partial charge in [0.05, 0.1) is 22.7 Å². The van der Waals surface area contributed by atoms with Crippen LogP contribution in [0.25, 0.3) is 10.9 Å². The number of benzene rings is 2. The molecule has 2 N–H and O–H groups in total. The molecule has 0 bridgehead atoms. The van der Waals surface area contributed by atoms with Gasteiger partial charge in [0, 0.05) is 38.9 Å². The number of nitro groups is 1. The highest BCUT2D eigenvalue weighted by molar-refractivity contribution is 9.10. The predicted octanol–water partition coefficient (Wildman–Crippen LogP) is 4.45. The molecule has 0 aliphatic heterocycles. The summed E-state index contributed by atoms with van der Waals surface area (Å²) >= 11 is 3.43. The van der Waals surface area contributed by atoms with Gasteiger partial charge in [-0.15, -0.1) is 0 Å². The number of hydrogen-bond donors (Lipinski definition) is 2. The number of nitrogens with zero attached hydrogens (tertiary/aromatic N) is 2. The fraction of sp³-hybridized carbons (Fsp3) is 0.118. The van der Waals surface area contributed by atoms with Gasteiger partial charge in [0.2, 0.25) is 0 Å². The maximum Gasteiger partial charge on any atom is 0.274 e. The maximum atomic E-state index is 11.1. The zero-order chi connectivity index (χ0) is 17.3. The van der Waals surface area contributed by atoms with Crippen molar-refractivity contribution in [3.05, 3.63) is 68.3 Å². The van der Waals surface area contributed by atoms with Crippen LogP contribution in [0.15, 0.2) is 47.1 Å². The van der Waals surface area contributed by atoms with Crippen molar-refractivity contribution < 1.29 is 10.0 Å².